The maximum atomic E-state index is 10.8. The van der Waals surface area contributed by atoms with Gasteiger partial charge in [0, 0.05) is 18.2 Å². The number of hydrogen-bond donors (Lipinski definition) is 1. The average Bonchev–Trinajstić information content (AvgIpc) is 2.71. The normalized spacial score (nSPS) is 10.2. The van der Waals surface area contributed by atoms with Crippen molar-refractivity contribution >= 4 is 55.3 Å². The summed E-state index contributed by atoms with van der Waals surface area (Å²) in [5, 5.41) is 8.10. The van der Waals surface area contributed by atoms with Crippen molar-refractivity contribution in [2.45, 2.75) is 26.2 Å². The summed E-state index contributed by atoms with van der Waals surface area (Å²) in [6, 6.07) is 0. The van der Waals surface area contributed by atoms with Gasteiger partial charge in [-0.15, -0.1) is 22.2 Å². The van der Waals surface area contributed by atoms with E-state index in [1.165, 1.54) is 0 Å². The van der Waals surface area contributed by atoms with Gasteiger partial charge in [0.1, 0.15) is 19.8 Å². The number of rotatable bonds is 13. The standard InChI is InChI=1S/C12H20O6Si.C5H8O3.C2H6Cl2Si/c1-5-11(13)15-7-9-17-19(3,4)18-10-8-16-12(14)6-2;1-2-5(7)8-4-3-6;1-5(2,3)4/h5-6H,1-2,7-10H2,3-4H3;2,6H,1,3-4H2;1-2H3. The van der Waals surface area contributed by atoms with Gasteiger partial charge in [0.2, 0.25) is 6.69 Å². The van der Waals surface area contributed by atoms with Crippen LogP contribution in [0.2, 0.25) is 26.2 Å². The topological polar surface area (TPSA) is 118 Å². The fourth-order valence-electron chi connectivity index (χ4n) is 1.22. The van der Waals surface area contributed by atoms with Crippen LogP contribution in [0.15, 0.2) is 38.0 Å². The smallest absolute Gasteiger partial charge is 0.331 e. The Kier molecular flexibility index (Phi) is 23.5. The Morgan fingerprint density at radius 3 is 1.25 bits per heavy atom. The van der Waals surface area contributed by atoms with E-state index in [2.05, 4.69) is 24.5 Å². The van der Waals surface area contributed by atoms with Gasteiger partial charge in [0.25, 0.3) is 0 Å². The molecule has 9 nitrogen and oxygen atoms in total. The molecule has 0 rings (SSSR count). The van der Waals surface area contributed by atoms with Gasteiger partial charge in [-0.25, -0.2) is 14.4 Å². The van der Waals surface area contributed by atoms with Gasteiger partial charge in [-0.2, -0.15) is 0 Å². The first-order valence-corrected chi connectivity index (χ1v) is 17.2. The molecule has 32 heavy (non-hydrogen) atoms. The zero-order valence-corrected chi connectivity index (χ0v) is 22.6. The summed E-state index contributed by atoms with van der Waals surface area (Å²) in [5.74, 6) is -1.47. The zero-order chi connectivity index (χ0) is 25.6. The molecular formula is C19H34Cl2O9Si2. The molecule has 0 saturated carbocycles. The van der Waals surface area contributed by atoms with Gasteiger partial charge < -0.3 is 28.2 Å². The molecule has 0 amide bonds. The lowest BCUT2D eigenvalue weighted by atomic mass is 10.6. The quantitative estimate of drug-likeness (QED) is 0.0952. The van der Waals surface area contributed by atoms with Gasteiger partial charge >= 0.3 is 26.5 Å². The fraction of sp³-hybridized carbons (Fsp3) is 0.526. The molecule has 0 heterocycles. The molecule has 0 atom stereocenters. The van der Waals surface area contributed by atoms with Gasteiger partial charge in [-0.1, -0.05) is 19.7 Å². The maximum absolute atomic E-state index is 10.8. The van der Waals surface area contributed by atoms with Crippen LogP contribution in [0, 0.1) is 0 Å². The third-order valence-electron chi connectivity index (χ3n) is 2.39. The first kappa shape index (κ1) is 35.1. The van der Waals surface area contributed by atoms with Crippen molar-refractivity contribution < 1.29 is 42.6 Å². The highest BCUT2D eigenvalue weighted by atomic mass is 35.7. The molecule has 0 aliphatic heterocycles. The zero-order valence-electron chi connectivity index (χ0n) is 19.1. The number of halogens is 2. The molecule has 0 bridgehead atoms. The lowest BCUT2D eigenvalue weighted by Crippen LogP contribution is -2.37. The average molecular weight is 534 g/mol. The SMILES string of the molecule is C=CC(=O)OCCO.C=CC(=O)OCCO[Si](C)(C)OCCOC(=O)C=C.C[Si](C)(Cl)Cl. The summed E-state index contributed by atoms with van der Waals surface area (Å²) in [5.41, 5.74) is 0. The molecule has 0 aliphatic rings. The molecule has 13 heteroatoms. The Bertz CT molecular complexity index is 544. The van der Waals surface area contributed by atoms with Gasteiger partial charge in [-0.3, -0.25) is 0 Å². The molecule has 186 valence electrons. The van der Waals surface area contributed by atoms with E-state index in [-0.39, 0.29) is 39.6 Å². The minimum Gasteiger partial charge on any atom is -0.460 e. The predicted molar refractivity (Wildman–Crippen MR) is 129 cm³/mol. The summed E-state index contributed by atoms with van der Waals surface area (Å²) >= 11 is 10.9. The predicted octanol–water partition coefficient (Wildman–Crippen LogP) is 3.05. The van der Waals surface area contributed by atoms with E-state index in [1.54, 1.807) is 0 Å². The highest BCUT2D eigenvalue weighted by molar-refractivity contribution is 7.44. The molecule has 1 N–H and O–H groups in total. The number of esters is 3. The fourth-order valence-corrected chi connectivity index (χ4v) is 2.46. The molecule has 0 unspecified atom stereocenters. The molecule has 0 radical (unpaired) electrons. The third-order valence-corrected chi connectivity index (χ3v) is 4.19. The van der Waals surface area contributed by atoms with Crippen molar-refractivity contribution in [1.82, 2.24) is 0 Å². The number of aliphatic hydroxyl groups is 1. The number of carbonyl (C=O) groups excluding carboxylic acids is 3. The van der Waals surface area contributed by atoms with E-state index < -0.39 is 33.2 Å². The van der Waals surface area contributed by atoms with Crippen LogP contribution < -0.4 is 0 Å². The van der Waals surface area contributed by atoms with Crippen molar-refractivity contribution in [1.29, 1.82) is 0 Å². The summed E-state index contributed by atoms with van der Waals surface area (Å²) in [6.07, 6.45) is 3.23. The van der Waals surface area contributed by atoms with Crippen molar-refractivity contribution in [3.63, 3.8) is 0 Å². The Hall–Kier alpha value is -1.48. The highest BCUT2D eigenvalue weighted by Crippen LogP contribution is 2.10. The second kappa shape index (κ2) is 21.4. The summed E-state index contributed by atoms with van der Waals surface area (Å²) in [4.78, 5) is 31.7. The largest absolute Gasteiger partial charge is 0.460 e. The summed E-state index contributed by atoms with van der Waals surface area (Å²) in [7, 11) is -2.30. The van der Waals surface area contributed by atoms with Crippen molar-refractivity contribution in [2.24, 2.45) is 0 Å². The van der Waals surface area contributed by atoms with Crippen LogP contribution >= 0.6 is 22.2 Å². The molecule has 0 aromatic rings. The van der Waals surface area contributed by atoms with Crippen LogP contribution in [-0.2, 0) is 37.4 Å². The summed E-state index contributed by atoms with van der Waals surface area (Å²) < 4.78 is 24.9. The van der Waals surface area contributed by atoms with Crippen molar-refractivity contribution in [3.8, 4) is 0 Å². The van der Waals surface area contributed by atoms with E-state index >= 15 is 0 Å². The summed E-state index contributed by atoms with van der Waals surface area (Å²) in [6.45, 7) is 16.2. The maximum Gasteiger partial charge on any atom is 0.331 e. The number of aliphatic hydroxyl groups excluding tert-OH is 1. The monoisotopic (exact) mass is 532 g/mol. The molecule has 0 aliphatic carbocycles. The van der Waals surface area contributed by atoms with Crippen LogP contribution in [0.25, 0.3) is 0 Å². The lowest BCUT2D eigenvalue weighted by Gasteiger charge is -2.22. The molecular weight excluding hydrogens is 499 g/mol. The first-order valence-electron chi connectivity index (χ1n) is 9.36. The Labute approximate surface area is 201 Å². The van der Waals surface area contributed by atoms with E-state index in [0.29, 0.717) is 0 Å². The Balaban J connectivity index is -0.000000529. The van der Waals surface area contributed by atoms with E-state index in [1.807, 2.05) is 26.2 Å². The Morgan fingerprint density at radius 2 is 1.00 bits per heavy atom. The molecule has 0 spiro atoms. The number of carbonyl (C=O) groups is 3. The van der Waals surface area contributed by atoms with Crippen LogP contribution in [0.5, 0.6) is 0 Å². The highest BCUT2D eigenvalue weighted by Gasteiger charge is 2.24. The Morgan fingerprint density at radius 1 is 0.719 bits per heavy atom. The minimum absolute atomic E-state index is 0.0465. The van der Waals surface area contributed by atoms with Crippen molar-refractivity contribution in [3.05, 3.63) is 38.0 Å². The molecule has 0 aromatic carbocycles. The molecule has 0 aromatic heterocycles. The molecule has 0 saturated heterocycles. The van der Waals surface area contributed by atoms with Gasteiger partial charge in [0.05, 0.1) is 19.8 Å². The van der Waals surface area contributed by atoms with E-state index in [4.69, 9.17) is 45.6 Å². The van der Waals surface area contributed by atoms with Crippen LogP contribution in [0.1, 0.15) is 0 Å². The van der Waals surface area contributed by atoms with Gasteiger partial charge in [0.15, 0.2) is 0 Å². The first-order chi connectivity index (χ1) is 14.7. The second-order valence-corrected chi connectivity index (χ2v) is 18.5. The van der Waals surface area contributed by atoms with Crippen LogP contribution in [0.3, 0.4) is 0 Å². The second-order valence-electron chi connectivity index (χ2n) is 6.26. The lowest BCUT2D eigenvalue weighted by molar-refractivity contribution is -0.139. The van der Waals surface area contributed by atoms with E-state index in [0.717, 1.165) is 18.2 Å². The van der Waals surface area contributed by atoms with Crippen molar-refractivity contribution in [2.75, 3.05) is 39.6 Å². The van der Waals surface area contributed by atoms with E-state index in [9.17, 15) is 14.4 Å². The van der Waals surface area contributed by atoms with Crippen LogP contribution in [0.4, 0.5) is 0 Å². The number of hydrogen-bond acceptors (Lipinski definition) is 9. The number of ether oxygens (including phenoxy) is 3. The van der Waals surface area contributed by atoms with Gasteiger partial charge in [-0.05, 0) is 26.2 Å². The minimum atomic E-state index is -2.30. The van der Waals surface area contributed by atoms with Crippen LogP contribution in [-0.4, -0.2) is 77.9 Å². The third kappa shape index (κ3) is 35.9. The molecule has 0 fully saturated rings.